The van der Waals surface area contributed by atoms with E-state index in [-0.39, 0.29) is 23.3 Å². The molecule has 6 rings (SSSR count). The number of aromatic amines is 1. The van der Waals surface area contributed by atoms with Gasteiger partial charge in [-0.25, -0.2) is 4.39 Å². The van der Waals surface area contributed by atoms with Crippen LogP contribution in [0.5, 0.6) is 5.75 Å². The largest absolute Gasteiger partial charge is 0.508 e. The van der Waals surface area contributed by atoms with Crippen LogP contribution in [0, 0.1) is 12.7 Å². The van der Waals surface area contributed by atoms with Gasteiger partial charge in [-0.2, -0.15) is 0 Å². The molecule has 4 aromatic carbocycles. The average Bonchev–Trinajstić information content (AvgIpc) is 3.42. The second-order valence-corrected chi connectivity index (χ2v) is 10.8. The van der Waals surface area contributed by atoms with Gasteiger partial charge in [0, 0.05) is 47.2 Å². The molecule has 5 N–H and O–H groups in total. The summed E-state index contributed by atoms with van der Waals surface area (Å²) >= 11 is 0. The molecule has 0 bridgehead atoms. The van der Waals surface area contributed by atoms with Crippen LogP contribution in [0.25, 0.3) is 22.0 Å². The lowest BCUT2D eigenvalue weighted by atomic mass is 9.95. The van der Waals surface area contributed by atoms with Gasteiger partial charge in [0.2, 0.25) is 0 Å². The minimum Gasteiger partial charge on any atom is -0.508 e. The molecule has 6 nitrogen and oxygen atoms in total. The fourth-order valence-corrected chi connectivity index (χ4v) is 5.74. The molecule has 1 saturated heterocycles. The molecule has 0 unspecified atom stereocenters. The number of para-hydroxylation sites is 1. The van der Waals surface area contributed by atoms with Gasteiger partial charge in [0.1, 0.15) is 11.6 Å². The van der Waals surface area contributed by atoms with E-state index in [1.54, 1.807) is 6.07 Å². The van der Waals surface area contributed by atoms with E-state index in [0.29, 0.717) is 11.3 Å². The predicted molar refractivity (Wildman–Crippen MR) is 162 cm³/mol. The third kappa shape index (κ3) is 5.41. The van der Waals surface area contributed by atoms with Crippen molar-refractivity contribution < 1.29 is 14.3 Å². The Labute approximate surface area is 238 Å². The summed E-state index contributed by atoms with van der Waals surface area (Å²) in [5.74, 6) is -0.920. The number of nitrogens with zero attached hydrogens (tertiary/aromatic N) is 1. The number of nitrogens with one attached hydrogen (secondary N) is 2. The molecule has 1 aliphatic rings. The Morgan fingerprint density at radius 3 is 2.51 bits per heavy atom. The van der Waals surface area contributed by atoms with Crippen LogP contribution in [0.1, 0.15) is 46.1 Å². The van der Waals surface area contributed by atoms with Gasteiger partial charge in [0.25, 0.3) is 5.91 Å². The molecular formula is C34H33FN4O2. The first-order chi connectivity index (χ1) is 19.9. The fraction of sp³-hybridized carbons (Fsp3) is 0.206. The van der Waals surface area contributed by atoms with Crippen molar-refractivity contribution in [1.82, 2.24) is 10.3 Å². The number of amides is 1. The molecule has 1 amide bonds. The molecule has 1 fully saturated rings. The number of aromatic hydroxyl groups is 1. The van der Waals surface area contributed by atoms with Crippen LogP contribution < -0.4 is 16.0 Å². The van der Waals surface area contributed by atoms with Crippen LogP contribution in [-0.2, 0) is 0 Å². The number of H-pyrrole nitrogens is 1. The molecule has 1 aromatic heterocycles. The molecule has 0 saturated carbocycles. The van der Waals surface area contributed by atoms with E-state index in [0.717, 1.165) is 53.5 Å². The maximum atomic E-state index is 14.3. The lowest BCUT2D eigenvalue weighted by Gasteiger charge is -2.32. The van der Waals surface area contributed by atoms with Gasteiger partial charge in [-0.15, -0.1) is 0 Å². The first kappa shape index (κ1) is 26.6. The van der Waals surface area contributed by atoms with E-state index in [9.17, 15) is 14.3 Å². The number of halogens is 1. The first-order valence-electron chi connectivity index (χ1n) is 13.9. The number of phenols is 1. The van der Waals surface area contributed by atoms with Gasteiger partial charge >= 0.3 is 0 Å². The lowest BCUT2D eigenvalue weighted by Crippen LogP contribution is -2.39. The van der Waals surface area contributed by atoms with Crippen molar-refractivity contribution in [2.75, 3.05) is 18.0 Å². The molecule has 1 aliphatic heterocycles. The van der Waals surface area contributed by atoms with Crippen molar-refractivity contribution in [3.63, 3.8) is 0 Å². The van der Waals surface area contributed by atoms with Crippen LogP contribution in [0.3, 0.4) is 0 Å². The molecule has 2 heterocycles. The van der Waals surface area contributed by atoms with E-state index in [1.165, 1.54) is 23.9 Å². The highest BCUT2D eigenvalue weighted by Gasteiger charge is 2.25. The third-order valence-corrected chi connectivity index (χ3v) is 8.10. The molecule has 0 spiro atoms. The Bertz CT molecular complexity index is 1670. The number of phenolic OH excluding ortho intramolecular Hbond substituents is 1. The van der Waals surface area contributed by atoms with Crippen LogP contribution in [-0.4, -0.2) is 35.1 Å². The zero-order valence-corrected chi connectivity index (χ0v) is 22.9. The summed E-state index contributed by atoms with van der Waals surface area (Å²) in [5.41, 5.74) is 12.4. The fourth-order valence-electron chi connectivity index (χ4n) is 5.74. The quantitative estimate of drug-likeness (QED) is 0.197. The lowest BCUT2D eigenvalue weighted by molar-refractivity contribution is 0.0941. The topological polar surface area (TPSA) is 94.4 Å². The van der Waals surface area contributed by atoms with Gasteiger partial charge in [0.15, 0.2) is 0 Å². The van der Waals surface area contributed by atoms with Crippen LogP contribution in [0.4, 0.5) is 10.1 Å². The molecule has 208 valence electrons. The normalized spacial score (nSPS) is 14.8. The molecule has 7 heteroatoms. The second kappa shape index (κ2) is 11.1. The monoisotopic (exact) mass is 548 g/mol. The van der Waals surface area contributed by atoms with E-state index < -0.39 is 11.9 Å². The minimum absolute atomic E-state index is 0.100. The minimum atomic E-state index is -0.800. The number of fused-ring (bicyclic) bond motifs is 1. The molecular weight excluding hydrogens is 515 g/mol. The van der Waals surface area contributed by atoms with E-state index >= 15 is 0 Å². The van der Waals surface area contributed by atoms with Gasteiger partial charge < -0.3 is 26.0 Å². The molecule has 5 aromatic rings. The molecule has 0 radical (unpaired) electrons. The van der Waals surface area contributed by atoms with Crippen molar-refractivity contribution in [3.05, 3.63) is 119 Å². The number of carbonyl (C=O) groups excluding carboxylic acids is 1. The number of aromatic nitrogens is 1. The van der Waals surface area contributed by atoms with Crippen molar-refractivity contribution in [2.45, 2.75) is 31.8 Å². The standard InChI is InChI=1S/C34H33FN4O2/c1-21-27(22-9-12-26(13-10-22)39-17-15-25(36)16-18-39)6-4-7-28(21)34(41)38-33(29-20-24(35)11-14-32(29)40)31-19-23-5-2-3-8-30(23)37-31/h2-14,19-20,25,33,37,40H,15-18,36H2,1H3,(H,38,41)/t33-/m1/s1. The molecule has 1 atom stereocenters. The number of hydrogen-bond donors (Lipinski definition) is 4. The van der Waals surface area contributed by atoms with Gasteiger partial charge in [-0.1, -0.05) is 42.5 Å². The molecule has 41 heavy (non-hydrogen) atoms. The van der Waals surface area contributed by atoms with Crippen molar-refractivity contribution >= 4 is 22.5 Å². The number of piperidine rings is 1. The Morgan fingerprint density at radius 2 is 1.76 bits per heavy atom. The number of benzene rings is 4. The van der Waals surface area contributed by atoms with Gasteiger partial charge in [-0.3, -0.25) is 4.79 Å². The number of anilines is 1. The van der Waals surface area contributed by atoms with Crippen molar-refractivity contribution in [2.24, 2.45) is 5.73 Å². The summed E-state index contributed by atoms with van der Waals surface area (Å²) in [6.07, 6.45) is 1.98. The zero-order valence-electron chi connectivity index (χ0n) is 22.9. The average molecular weight is 549 g/mol. The maximum absolute atomic E-state index is 14.3. The summed E-state index contributed by atoms with van der Waals surface area (Å²) in [7, 11) is 0. The Hall–Kier alpha value is -4.62. The number of hydrogen-bond acceptors (Lipinski definition) is 4. The zero-order chi connectivity index (χ0) is 28.5. The van der Waals surface area contributed by atoms with Gasteiger partial charge in [-0.05, 0) is 90.4 Å². The van der Waals surface area contributed by atoms with Crippen LogP contribution in [0.15, 0.2) is 91.0 Å². The highest BCUT2D eigenvalue weighted by atomic mass is 19.1. The summed E-state index contributed by atoms with van der Waals surface area (Å²) in [6.45, 7) is 3.84. The summed E-state index contributed by atoms with van der Waals surface area (Å²) in [4.78, 5) is 19.5. The maximum Gasteiger partial charge on any atom is 0.252 e. The Morgan fingerprint density at radius 1 is 1.00 bits per heavy atom. The molecule has 0 aliphatic carbocycles. The number of nitrogens with two attached hydrogens (primary N) is 1. The van der Waals surface area contributed by atoms with Gasteiger partial charge in [0.05, 0.1) is 6.04 Å². The highest BCUT2D eigenvalue weighted by molar-refractivity contribution is 5.98. The first-order valence-corrected chi connectivity index (χ1v) is 13.9. The Kier molecular flexibility index (Phi) is 7.20. The highest BCUT2D eigenvalue weighted by Crippen LogP contribution is 2.33. The van der Waals surface area contributed by atoms with Crippen LogP contribution >= 0.6 is 0 Å². The van der Waals surface area contributed by atoms with E-state index in [1.807, 2.05) is 49.4 Å². The summed E-state index contributed by atoms with van der Waals surface area (Å²) in [5, 5.41) is 14.7. The Balaban J connectivity index is 1.31. The number of rotatable bonds is 6. The van der Waals surface area contributed by atoms with Crippen LogP contribution in [0.2, 0.25) is 0 Å². The second-order valence-electron chi connectivity index (χ2n) is 10.8. The van der Waals surface area contributed by atoms with Crippen molar-refractivity contribution in [1.29, 1.82) is 0 Å². The third-order valence-electron chi connectivity index (χ3n) is 8.10. The SMILES string of the molecule is Cc1c(C(=O)N[C@@H](c2cc3ccccc3[nH]2)c2cc(F)ccc2O)cccc1-c1ccc(N2CCC(N)CC2)cc1. The van der Waals surface area contributed by atoms with E-state index in [4.69, 9.17) is 5.73 Å². The predicted octanol–water partition coefficient (Wildman–Crippen LogP) is 6.43. The number of carbonyl (C=O) groups is 1. The smallest absolute Gasteiger partial charge is 0.252 e. The summed E-state index contributed by atoms with van der Waals surface area (Å²) in [6, 6.07) is 27.0. The van der Waals surface area contributed by atoms with Crippen molar-refractivity contribution in [3.8, 4) is 16.9 Å². The van der Waals surface area contributed by atoms with E-state index in [2.05, 4.69) is 39.5 Å². The summed E-state index contributed by atoms with van der Waals surface area (Å²) < 4.78 is 14.3.